The average molecular weight is 233 g/mol. The molecule has 1 unspecified atom stereocenters. The quantitative estimate of drug-likeness (QED) is 0.819. The van der Waals surface area contributed by atoms with Crippen LogP contribution < -0.4 is 5.32 Å². The molecule has 2 nitrogen and oxygen atoms in total. The Hall–Kier alpha value is -0.860. The van der Waals surface area contributed by atoms with E-state index in [-0.39, 0.29) is 6.10 Å². The van der Waals surface area contributed by atoms with Gasteiger partial charge in [-0.3, -0.25) is 0 Å². The van der Waals surface area contributed by atoms with Gasteiger partial charge in [-0.15, -0.1) is 0 Å². The van der Waals surface area contributed by atoms with Crippen LogP contribution in [0.25, 0.3) is 0 Å². The number of rotatable bonds is 5. The highest BCUT2D eigenvalue weighted by Gasteiger charge is 2.29. The van der Waals surface area contributed by atoms with Gasteiger partial charge in [-0.05, 0) is 37.7 Å². The summed E-state index contributed by atoms with van der Waals surface area (Å²) in [6, 6.07) is 9.48. The number of aryl methyl sites for hydroxylation is 1. The fourth-order valence-electron chi connectivity index (χ4n) is 2.34. The van der Waals surface area contributed by atoms with Crippen molar-refractivity contribution < 1.29 is 5.11 Å². The molecular weight excluding hydrogens is 210 g/mol. The van der Waals surface area contributed by atoms with Crippen molar-refractivity contribution in [2.45, 2.75) is 51.2 Å². The number of hydrogen-bond donors (Lipinski definition) is 2. The average Bonchev–Trinajstić information content (AvgIpc) is 2.29. The number of benzene rings is 1. The van der Waals surface area contributed by atoms with Crippen LogP contribution in [0.5, 0.6) is 0 Å². The molecule has 17 heavy (non-hydrogen) atoms. The summed E-state index contributed by atoms with van der Waals surface area (Å²) in [6.45, 7) is 4.88. The zero-order valence-electron chi connectivity index (χ0n) is 10.8. The van der Waals surface area contributed by atoms with Crippen LogP contribution in [0.1, 0.15) is 43.2 Å². The van der Waals surface area contributed by atoms with Gasteiger partial charge in [-0.2, -0.15) is 0 Å². The highest BCUT2D eigenvalue weighted by molar-refractivity contribution is 5.26. The van der Waals surface area contributed by atoms with Crippen LogP contribution >= 0.6 is 0 Å². The summed E-state index contributed by atoms with van der Waals surface area (Å²) in [5.74, 6) is 0.715. The molecule has 1 aromatic carbocycles. The molecule has 0 aliphatic heterocycles. The van der Waals surface area contributed by atoms with Gasteiger partial charge in [0.2, 0.25) is 0 Å². The van der Waals surface area contributed by atoms with E-state index in [1.165, 1.54) is 24.0 Å². The third-order valence-electron chi connectivity index (χ3n) is 3.80. The van der Waals surface area contributed by atoms with Gasteiger partial charge in [-0.1, -0.05) is 36.8 Å². The van der Waals surface area contributed by atoms with Gasteiger partial charge in [0.15, 0.2) is 0 Å². The second-order valence-corrected chi connectivity index (χ2v) is 5.25. The van der Waals surface area contributed by atoms with Crippen molar-refractivity contribution in [1.29, 1.82) is 0 Å². The molecule has 1 aromatic rings. The Balaban J connectivity index is 1.73. The lowest BCUT2D eigenvalue weighted by Gasteiger charge is -2.37. The predicted molar refractivity (Wildman–Crippen MR) is 71.2 cm³/mol. The second kappa shape index (κ2) is 5.65. The van der Waals surface area contributed by atoms with E-state index in [0.717, 1.165) is 13.0 Å². The summed E-state index contributed by atoms with van der Waals surface area (Å²) in [5.41, 5.74) is 2.79. The molecule has 0 heterocycles. The molecule has 1 aliphatic carbocycles. The minimum atomic E-state index is -0.187. The van der Waals surface area contributed by atoms with E-state index < -0.39 is 0 Å². The van der Waals surface area contributed by atoms with Gasteiger partial charge in [-0.25, -0.2) is 0 Å². The summed E-state index contributed by atoms with van der Waals surface area (Å²) in [5, 5.41) is 12.9. The summed E-state index contributed by atoms with van der Waals surface area (Å²) in [4.78, 5) is 0. The Kier molecular flexibility index (Phi) is 4.19. The lowest BCUT2D eigenvalue weighted by molar-refractivity contribution is 0.151. The zero-order chi connectivity index (χ0) is 12.3. The molecule has 1 aliphatic rings. The number of nitrogens with one attached hydrogen (secondary N) is 1. The van der Waals surface area contributed by atoms with Crippen molar-refractivity contribution >= 4 is 0 Å². The maximum atomic E-state index is 9.48. The molecule has 1 fully saturated rings. The van der Waals surface area contributed by atoms with Crippen molar-refractivity contribution in [2.24, 2.45) is 0 Å². The first kappa shape index (κ1) is 12.6. The first-order chi connectivity index (χ1) is 8.19. The van der Waals surface area contributed by atoms with Gasteiger partial charge < -0.3 is 10.4 Å². The van der Waals surface area contributed by atoms with Crippen LogP contribution in [-0.2, 0) is 0 Å². The molecule has 0 amide bonds. The van der Waals surface area contributed by atoms with E-state index in [1.54, 1.807) is 0 Å². The monoisotopic (exact) mass is 233 g/mol. The van der Waals surface area contributed by atoms with Crippen LogP contribution in [0.3, 0.4) is 0 Å². The third kappa shape index (κ3) is 3.30. The summed E-state index contributed by atoms with van der Waals surface area (Å²) in [6.07, 6.45) is 3.06. The fraction of sp³-hybridized carbons (Fsp3) is 0.600. The molecule has 0 aromatic heterocycles. The maximum absolute atomic E-state index is 9.48. The van der Waals surface area contributed by atoms with E-state index in [1.807, 2.05) is 6.92 Å². The van der Waals surface area contributed by atoms with E-state index >= 15 is 0 Å². The van der Waals surface area contributed by atoms with Crippen LogP contribution in [-0.4, -0.2) is 23.8 Å². The molecule has 0 spiro atoms. The van der Waals surface area contributed by atoms with Gasteiger partial charge in [0.05, 0.1) is 6.10 Å². The van der Waals surface area contributed by atoms with Crippen molar-refractivity contribution in [3.8, 4) is 0 Å². The maximum Gasteiger partial charge on any atom is 0.0662 e. The standard InChI is InChI=1S/C15H23NO/c1-3-15(17)10-16-14-8-13(9-14)12-6-4-11(2)5-7-12/h4-7,13-17H,3,8-10H2,1-2H3. The van der Waals surface area contributed by atoms with Gasteiger partial charge >= 0.3 is 0 Å². The van der Waals surface area contributed by atoms with Gasteiger partial charge in [0.25, 0.3) is 0 Å². The molecule has 2 N–H and O–H groups in total. The largest absolute Gasteiger partial charge is 0.392 e. The van der Waals surface area contributed by atoms with Gasteiger partial charge in [0, 0.05) is 12.6 Å². The summed E-state index contributed by atoms with van der Waals surface area (Å²) >= 11 is 0. The lowest BCUT2D eigenvalue weighted by Crippen LogP contribution is -2.43. The molecule has 0 bridgehead atoms. The van der Waals surface area contributed by atoms with Crippen molar-refractivity contribution in [2.75, 3.05) is 6.54 Å². The molecule has 1 atom stereocenters. The van der Waals surface area contributed by atoms with E-state index in [4.69, 9.17) is 0 Å². The molecule has 2 rings (SSSR count). The normalized spacial score (nSPS) is 25.4. The van der Waals surface area contributed by atoms with E-state index in [2.05, 4.69) is 36.5 Å². The number of hydrogen-bond acceptors (Lipinski definition) is 2. The highest BCUT2D eigenvalue weighted by atomic mass is 16.3. The van der Waals surface area contributed by atoms with Crippen molar-refractivity contribution in [3.05, 3.63) is 35.4 Å². The third-order valence-corrected chi connectivity index (χ3v) is 3.80. The Morgan fingerprint density at radius 2 is 1.94 bits per heavy atom. The van der Waals surface area contributed by atoms with Gasteiger partial charge in [0.1, 0.15) is 0 Å². The van der Waals surface area contributed by atoms with Crippen LogP contribution in [0.15, 0.2) is 24.3 Å². The molecular formula is C15H23NO. The highest BCUT2D eigenvalue weighted by Crippen LogP contribution is 2.36. The smallest absolute Gasteiger partial charge is 0.0662 e. The summed E-state index contributed by atoms with van der Waals surface area (Å²) < 4.78 is 0. The lowest BCUT2D eigenvalue weighted by atomic mass is 9.75. The minimum absolute atomic E-state index is 0.187. The predicted octanol–water partition coefficient (Wildman–Crippen LogP) is 2.60. The Labute approximate surface area is 104 Å². The van der Waals surface area contributed by atoms with E-state index in [9.17, 15) is 5.11 Å². The first-order valence-corrected chi connectivity index (χ1v) is 6.67. The fourth-order valence-corrected chi connectivity index (χ4v) is 2.34. The van der Waals surface area contributed by atoms with Crippen LogP contribution in [0, 0.1) is 6.92 Å². The van der Waals surface area contributed by atoms with Crippen LogP contribution in [0.2, 0.25) is 0 Å². The SMILES string of the molecule is CCC(O)CNC1CC(c2ccc(C)cc2)C1. The Morgan fingerprint density at radius 1 is 1.29 bits per heavy atom. The van der Waals surface area contributed by atoms with E-state index in [0.29, 0.717) is 12.0 Å². The number of aliphatic hydroxyl groups is 1. The minimum Gasteiger partial charge on any atom is -0.392 e. The zero-order valence-corrected chi connectivity index (χ0v) is 10.8. The van der Waals surface area contributed by atoms with Crippen molar-refractivity contribution in [3.63, 3.8) is 0 Å². The molecule has 0 radical (unpaired) electrons. The molecule has 0 saturated heterocycles. The van der Waals surface area contributed by atoms with Crippen molar-refractivity contribution in [1.82, 2.24) is 5.32 Å². The first-order valence-electron chi connectivity index (χ1n) is 6.67. The topological polar surface area (TPSA) is 32.3 Å². The molecule has 2 heteroatoms. The molecule has 1 saturated carbocycles. The number of aliphatic hydroxyl groups excluding tert-OH is 1. The Morgan fingerprint density at radius 3 is 2.53 bits per heavy atom. The second-order valence-electron chi connectivity index (χ2n) is 5.25. The van der Waals surface area contributed by atoms with Crippen LogP contribution in [0.4, 0.5) is 0 Å². The summed E-state index contributed by atoms with van der Waals surface area (Å²) in [7, 11) is 0. The molecule has 94 valence electrons. The Bertz CT molecular complexity index is 340.